The SMILES string of the molecule is Cc1ccc(OC(=O)OCF)c([N+](=O)[O-])c1. The number of alkyl halides is 1. The van der Waals surface area contributed by atoms with Crippen LogP contribution >= 0.6 is 0 Å². The van der Waals surface area contributed by atoms with Gasteiger partial charge in [-0.1, -0.05) is 6.07 Å². The monoisotopic (exact) mass is 229 g/mol. The molecule has 0 saturated heterocycles. The number of rotatable bonds is 3. The lowest BCUT2D eigenvalue weighted by atomic mass is 10.2. The predicted molar refractivity (Wildman–Crippen MR) is 50.9 cm³/mol. The molecular formula is C9H8FNO5. The van der Waals surface area contributed by atoms with Crippen molar-refractivity contribution in [2.24, 2.45) is 0 Å². The van der Waals surface area contributed by atoms with Crippen molar-refractivity contribution in [3.8, 4) is 5.75 Å². The zero-order chi connectivity index (χ0) is 12.1. The molecule has 0 aliphatic rings. The molecular weight excluding hydrogens is 221 g/mol. The van der Waals surface area contributed by atoms with Gasteiger partial charge in [-0.2, -0.15) is 0 Å². The summed E-state index contributed by atoms with van der Waals surface area (Å²) in [4.78, 5) is 20.7. The van der Waals surface area contributed by atoms with Gasteiger partial charge in [-0.3, -0.25) is 10.1 Å². The van der Waals surface area contributed by atoms with Crippen LogP contribution in [0.15, 0.2) is 18.2 Å². The Morgan fingerprint density at radius 2 is 2.25 bits per heavy atom. The Morgan fingerprint density at radius 1 is 1.56 bits per heavy atom. The van der Waals surface area contributed by atoms with Crippen molar-refractivity contribution in [2.75, 3.05) is 6.86 Å². The summed E-state index contributed by atoms with van der Waals surface area (Å²) in [6, 6.07) is 4.00. The molecule has 0 amide bonds. The van der Waals surface area contributed by atoms with Gasteiger partial charge in [0.1, 0.15) is 0 Å². The van der Waals surface area contributed by atoms with Crippen molar-refractivity contribution >= 4 is 11.8 Å². The molecule has 0 aliphatic carbocycles. The second kappa shape index (κ2) is 5.06. The van der Waals surface area contributed by atoms with Crippen LogP contribution in [0.2, 0.25) is 0 Å². The number of ether oxygens (including phenoxy) is 2. The number of nitro groups is 1. The van der Waals surface area contributed by atoms with E-state index in [1.54, 1.807) is 6.92 Å². The summed E-state index contributed by atoms with van der Waals surface area (Å²) in [5.41, 5.74) is 0.258. The van der Waals surface area contributed by atoms with Gasteiger partial charge in [0.15, 0.2) is 0 Å². The summed E-state index contributed by atoms with van der Waals surface area (Å²) in [5, 5.41) is 10.6. The van der Waals surface area contributed by atoms with Crippen molar-refractivity contribution in [3.05, 3.63) is 33.9 Å². The third kappa shape index (κ3) is 2.91. The lowest BCUT2D eigenvalue weighted by Crippen LogP contribution is -2.10. The van der Waals surface area contributed by atoms with Crippen LogP contribution in [0.3, 0.4) is 0 Å². The van der Waals surface area contributed by atoms with E-state index < -0.39 is 17.9 Å². The highest BCUT2D eigenvalue weighted by Gasteiger charge is 2.18. The summed E-state index contributed by atoms with van der Waals surface area (Å²) in [5.74, 6) is -0.283. The van der Waals surface area contributed by atoms with E-state index in [0.29, 0.717) is 5.56 Å². The normalized spacial score (nSPS) is 9.62. The molecule has 1 rings (SSSR count). The molecule has 0 unspecified atom stereocenters. The smallest absolute Gasteiger partial charge is 0.402 e. The summed E-state index contributed by atoms with van der Waals surface area (Å²) in [7, 11) is 0. The van der Waals surface area contributed by atoms with Crippen LogP contribution in [0.1, 0.15) is 5.56 Å². The van der Waals surface area contributed by atoms with Crippen LogP contribution in [-0.4, -0.2) is 17.9 Å². The molecule has 0 saturated carbocycles. The summed E-state index contributed by atoms with van der Waals surface area (Å²) >= 11 is 0. The Balaban J connectivity index is 2.95. The zero-order valence-electron chi connectivity index (χ0n) is 8.31. The van der Waals surface area contributed by atoms with Crippen LogP contribution in [0.25, 0.3) is 0 Å². The lowest BCUT2D eigenvalue weighted by molar-refractivity contribution is -0.385. The Hall–Kier alpha value is -2.18. The zero-order valence-corrected chi connectivity index (χ0v) is 8.31. The number of aryl methyl sites for hydroxylation is 1. The van der Waals surface area contributed by atoms with Gasteiger partial charge in [-0.15, -0.1) is 0 Å². The molecule has 1 aromatic carbocycles. The predicted octanol–water partition coefficient (Wildman–Crippen LogP) is 2.35. The highest BCUT2D eigenvalue weighted by Crippen LogP contribution is 2.27. The Kier molecular flexibility index (Phi) is 3.76. The van der Waals surface area contributed by atoms with Crippen LogP contribution in [0.5, 0.6) is 5.75 Å². The molecule has 7 heteroatoms. The molecule has 0 aromatic heterocycles. The van der Waals surface area contributed by atoms with Gasteiger partial charge in [0.2, 0.25) is 12.6 Å². The van der Waals surface area contributed by atoms with Crippen LogP contribution < -0.4 is 4.74 Å². The van der Waals surface area contributed by atoms with E-state index in [9.17, 15) is 19.3 Å². The van der Waals surface area contributed by atoms with Crippen molar-refractivity contribution in [2.45, 2.75) is 6.92 Å². The van der Waals surface area contributed by atoms with Crippen molar-refractivity contribution in [3.63, 3.8) is 0 Å². The molecule has 6 nitrogen and oxygen atoms in total. The van der Waals surface area contributed by atoms with E-state index in [2.05, 4.69) is 9.47 Å². The maximum atomic E-state index is 11.6. The number of nitrogens with zero attached hydrogens (tertiary/aromatic N) is 1. The van der Waals surface area contributed by atoms with Crippen LogP contribution in [-0.2, 0) is 4.74 Å². The molecule has 0 heterocycles. The molecule has 0 radical (unpaired) electrons. The summed E-state index contributed by atoms with van der Waals surface area (Å²) in [6.45, 7) is 0.301. The van der Waals surface area contributed by atoms with Crippen LogP contribution in [0.4, 0.5) is 14.9 Å². The van der Waals surface area contributed by atoms with Crippen LogP contribution in [0, 0.1) is 17.0 Å². The number of halogens is 1. The Bertz CT molecular complexity index is 420. The number of carbonyl (C=O) groups excluding carboxylic acids is 1. The fraction of sp³-hybridized carbons (Fsp3) is 0.222. The van der Waals surface area contributed by atoms with Crippen molar-refractivity contribution in [1.29, 1.82) is 0 Å². The summed E-state index contributed by atoms with van der Waals surface area (Å²) < 4.78 is 19.9. The molecule has 16 heavy (non-hydrogen) atoms. The number of carbonyl (C=O) groups is 1. The van der Waals surface area contributed by atoms with E-state index in [1.165, 1.54) is 18.2 Å². The third-order valence-electron chi connectivity index (χ3n) is 1.68. The largest absolute Gasteiger partial charge is 0.516 e. The van der Waals surface area contributed by atoms with Gasteiger partial charge in [0, 0.05) is 6.07 Å². The van der Waals surface area contributed by atoms with Gasteiger partial charge < -0.3 is 9.47 Å². The van der Waals surface area contributed by atoms with Crippen molar-refractivity contribution < 1.29 is 23.6 Å². The van der Waals surface area contributed by atoms with E-state index in [4.69, 9.17) is 0 Å². The van der Waals surface area contributed by atoms with Crippen molar-refractivity contribution in [1.82, 2.24) is 0 Å². The molecule has 86 valence electrons. The van der Waals surface area contributed by atoms with E-state index in [-0.39, 0.29) is 11.4 Å². The molecule has 0 spiro atoms. The molecule has 1 aromatic rings. The maximum absolute atomic E-state index is 11.6. The number of hydrogen-bond donors (Lipinski definition) is 0. The standard InChI is InChI=1S/C9H8FNO5/c1-6-2-3-8(7(4-6)11(13)14)16-9(12)15-5-10/h2-4H,5H2,1H3. The van der Waals surface area contributed by atoms with Gasteiger partial charge in [0.05, 0.1) is 4.92 Å². The molecule has 0 N–H and O–H groups in total. The molecule has 0 atom stereocenters. The van der Waals surface area contributed by atoms with Gasteiger partial charge in [-0.25, -0.2) is 9.18 Å². The first-order chi connectivity index (χ1) is 7.54. The van der Waals surface area contributed by atoms with Gasteiger partial charge >= 0.3 is 11.8 Å². The average Bonchev–Trinajstić information content (AvgIpc) is 2.20. The average molecular weight is 229 g/mol. The second-order valence-electron chi connectivity index (χ2n) is 2.83. The Labute approximate surface area is 89.7 Å². The Morgan fingerprint density at radius 3 is 2.81 bits per heavy atom. The van der Waals surface area contributed by atoms with E-state index in [1.807, 2.05) is 0 Å². The minimum absolute atomic E-state index is 0.283. The summed E-state index contributed by atoms with van der Waals surface area (Å²) in [6.07, 6.45) is -1.32. The van der Waals surface area contributed by atoms with Gasteiger partial charge in [-0.05, 0) is 18.6 Å². The fourth-order valence-corrected chi connectivity index (χ4v) is 1.02. The maximum Gasteiger partial charge on any atom is 0.516 e. The lowest BCUT2D eigenvalue weighted by Gasteiger charge is -2.04. The molecule has 0 aliphatic heterocycles. The number of hydrogen-bond acceptors (Lipinski definition) is 5. The topological polar surface area (TPSA) is 78.7 Å². The molecule has 0 fully saturated rings. The quantitative estimate of drug-likeness (QED) is 0.344. The van der Waals surface area contributed by atoms with Gasteiger partial charge in [0.25, 0.3) is 0 Å². The highest BCUT2D eigenvalue weighted by atomic mass is 19.1. The van der Waals surface area contributed by atoms with E-state index >= 15 is 0 Å². The second-order valence-corrected chi connectivity index (χ2v) is 2.83. The first kappa shape index (κ1) is 11.9. The first-order valence-corrected chi connectivity index (χ1v) is 4.20. The number of nitro benzene ring substituents is 1. The first-order valence-electron chi connectivity index (χ1n) is 4.20. The minimum atomic E-state index is -1.35. The third-order valence-corrected chi connectivity index (χ3v) is 1.68. The highest BCUT2D eigenvalue weighted by molar-refractivity contribution is 5.66. The molecule has 0 bridgehead atoms. The fourth-order valence-electron chi connectivity index (χ4n) is 1.02. The number of benzene rings is 1. The minimum Gasteiger partial charge on any atom is -0.402 e. The van der Waals surface area contributed by atoms with E-state index in [0.717, 1.165) is 0 Å².